The van der Waals surface area contributed by atoms with E-state index < -0.39 is 6.10 Å². The van der Waals surface area contributed by atoms with Crippen LogP contribution in [0.2, 0.25) is 0 Å². The van der Waals surface area contributed by atoms with Crippen LogP contribution >= 0.6 is 0 Å². The molecular weight excluding hydrogens is 949 g/mol. The summed E-state index contributed by atoms with van der Waals surface area (Å²) >= 11 is 0. The SMILES string of the molecule is CC/C=C\C/C=C\C/C=C\C/C=C\C/C=C\C/C=C\C/C=C\CCCCCCCCCCCC(=O)OCC(COC(=O)CCCCCCC/C=C\C/C=C\CCC)OC(=O)CCCCCCC/C=C\CCCCCCCC. The number of rotatable bonds is 57. The van der Waals surface area contributed by atoms with Gasteiger partial charge in [0, 0.05) is 19.3 Å². The maximum absolute atomic E-state index is 12.9. The summed E-state index contributed by atoms with van der Waals surface area (Å²) in [4.78, 5) is 38.2. The van der Waals surface area contributed by atoms with E-state index in [2.05, 4.69) is 142 Å². The Morgan fingerprint density at radius 3 is 0.857 bits per heavy atom. The number of hydrogen-bond acceptors (Lipinski definition) is 6. The summed E-state index contributed by atoms with van der Waals surface area (Å²) in [5.41, 5.74) is 0. The summed E-state index contributed by atoms with van der Waals surface area (Å²) in [7, 11) is 0. The van der Waals surface area contributed by atoms with Gasteiger partial charge in [0.05, 0.1) is 0 Å². The first-order chi connectivity index (χ1) is 38.0. The van der Waals surface area contributed by atoms with Crippen LogP contribution in [0.5, 0.6) is 0 Å². The van der Waals surface area contributed by atoms with E-state index in [4.69, 9.17) is 14.2 Å². The smallest absolute Gasteiger partial charge is 0.306 e. The fourth-order valence-corrected chi connectivity index (χ4v) is 8.63. The molecule has 0 saturated carbocycles. The summed E-state index contributed by atoms with van der Waals surface area (Å²) in [6.45, 7) is 6.44. The normalized spacial score (nSPS) is 12.9. The second-order valence-electron chi connectivity index (χ2n) is 20.9. The average Bonchev–Trinajstić information content (AvgIpc) is 3.43. The fourth-order valence-electron chi connectivity index (χ4n) is 8.63. The molecule has 0 N–H and O–H groups in total. The molecule has 0 fully saturated rings. The molecule has 0 aliphatic carbocycles. The Hall–Kier alpha value is -4.19. The zero-order chi connectivity index (χ0) is 55.7. The lowest BCUT2D eigenvalue weighted by Gasteiger charge is -2.18. The van der Waals surface area contributed by atoms with Gasteiger partial charge in [-0.05, 0) is 128 Å². The molecule has 0 rings (SSSR count). The molecule has 0 radical (unpaired) electrons. The molecule has 0 saturated heterocycles. The first-order valence-corrected chi connectivity index (χ1v) is 32.0. The minimum atomic E-state index is -0.793. The molecule has 6 heteroatoms. The Labute approximate surface area is 475 Å². The highest BCUT2D eigenvalue weighted by atomic mass is 16.6. The standard InChI is InChI=1S/C71H118O6/c1-4-7-10-13-16-19-22-25-27-28-29-30-31-32-33-34-35-36-37-38-39-40-41-42-44-46-49-52-55-58-61-64-70(73)76-67-68(66-75-69(72)63-60-57-54-51-48-45-24-21-18-15-12-9-6-3)77-71(74)65-62-59-56-53-50-47-43-26-23-20-17-14-11-8-5-2/h7,10,12,15-16,19,21,24-27,29-30,32-33,35-36,38-39,43,68H,4-6,8-9,11,13-14,17-18,20,22-23,28,31,34,37,40-42,44-67H2,1-3H3/b10-7-,15-12-,19-16-,24-21-,27-25-,30-29-,33-32-,36-35-,39-38-,43-26-. The highest BCUT2D eigenvalue weighted by molar-refractivity contribution is 5.71. The van der Waals surface area contributed by atoms with Gasteiger partial charge >= 0.3 is 17.9 Å². The van der Waals surface area contributed by atoms with Gasteiger partial charge in [0.1, 0.15) is 13.2 Å². The largest absolute Gasteiger partial charge is 0.462 e. The van der Waals surface area contributed by atoms with Crippen molar-refractivity contribution in [2.75, 3.05) is 13.2 Å². The molecule has 0 spiro atoms. The van der Waals surface area contributed by atoms with Crippen molar-refractivity contribution in [3.05, 3.63) is 122 Å². The first-order valence-electron chi connectivity index (χ1n) is 32.0. The van der Waals surface area contributed by atoms with Gasteiger partial charge in [0.15, 0.2) is 6.10 Å². The van der Waals surface area contributed by atoms with E-state index in [0.717, 1.165) is 154 Å². The van der Waals surface area contributed by atoms with E-state index in [9.17, 15) is 14.4 Å². The van der Waals surface area contributed by atoms with Crippen LogP contribution in [-0.2, 0) is 28.6 Å². The molecule has 0 amide bonds. The minimum Gasteiger partial charge on any atom is -0.462 e. The Balaban J connectivity index is 4.28. The summed E-state index contributed by atoms with van der Waals surface area (Å²) in [6.07, 6.45) is 89.2. The summed E-state index contributed by atoms with van der Waals surface area (Å²) < 4.78 is 16.9. The summed E-state index contributed by atoms with van der Waals surface area (Å²) in [5.74, 6) is -0.915. The van der Waals surface area contributed by atoms with Crippen molar-refractivity contribution >= 4 is 17.9 Å². The molecule has 6 nitrogen and oxygen atoms in total. The number of hydrogen-bond donors (Lipinski definition) is 0. The average molecular weight is 1070 g/mol. The van der Waals surface area contributed by atoms with Gasteiger partial charge in [-0.15, -0.1) is 0 Å². The zero-order valence-corrected chi connectivity index (χ0v) is 50.2. The van der Waals surface area contributed by atoms with Crippen LogP contribution in [0.1, 0.15) is 290 Å². The van der Waals surface area contributed by atoms with Gasteiger partial charge in [-0.1, -0.05) is 264 Å². The Bertz CT molecular complexity index is 1600. The van der Waals surface area contributed by atoms with Crippen molar-refractivity contribution in [3.63, 3.8) is 0 Å². The van der Waals surface area contributed by atoms with Gasteiger partial charge in [-0.3, -0.25) is 14.4 Å². The van der Waals surface area contributed by atoms with Crippen molar-refractivity contribution in [1.82, 2.24) is 0 Å². The topological polar surface area (TPSA) is 78.9 Å². The van der Waals surface area contributed by atoms with Gasteiger partial charge in [-0.25, -0.2) is 0 Å². The molecule has 0 aliphatic heterocycles. The molecule has 0 aromatic carbocycles. The Morgan fingerprint density at radius 2 is 0.532 bits per heavy atom. The van der Waals surface area contributed by atoms with E-state index in [1.165, 1.54) is 96.3 Å². The summed E-state index contributed by atoms with van der Waals surface area (Å²) in [6, 6.07) is 0. The monoisotopic (exact) mass is 1070 g/mol. The lowest BCUT2D eigenvalue weighted by Crippen LogP contribution is -2.30. The number of carbonyl (C=O) groups excluding carboxylic acids is 3. The molecule has 0 aromatic rings. The molecule has 0 heterocycles. The van der Waals surface area contributed by atoms with Gasteiger partial charge in [-0.2, -0.15) is 0 Å². The van der Waals surface area contributed by atoms with Crippen molar-refractivity contribution in [3.8, 4) is 0 Å². The number of carbonyl (C=O) groups is 3. The van der Waals surface area contributed by atoms with Gasteiger partial charge in [0.2, 0.25) is 0 Å². The van der Waals surface area contributed by atoms with Crippen molar-refractivity contribution in [2.45, 2.75) is 297 Å². The van der Waals surface area contributed by atoms with Crippen LogP contribution in [0.15, 0.2) is 122 Å². The quantitative estimate of drug-likeness (QED) is 0.0261. The Kier molecular flexibility index (Phi) is 60.8. The lowest BCUT2D eigenvalue weighted by atomic mass is 10.1. The third-order valence-corrected chi connectivity index (χ3v) is 13.4. The van der Waals surface area contributed by atoms with Gasteiger partial charge < -0.3 is 14.2 Å². The molecule has 0 aromatic heterocycles. The van der Waals surface area contributed by atoms with Crippen LogP contribution < -0.4 is 0 Å². The highest BCUT2D eigenvalue weighted by Gasteiger charge is 2.19. The van der Waals surface area contributed by atoms with Crippen LogP contribution in [0.25, 0.3) is 0 Å². The van der Waals surface area contributed by atoms with Crippen LogP contribution in [0.4, 0.5) is 0 Å². The van der Waals surface area contributed by atoms with Crippen molar-refractivity contribution in [2.24, 2.45) is 0 Å². The summed E-state index contributed by atoms with van der Waals surface area (Å²) in [5, 5.41) is 0. The molecule has 1 atom stereocenters. The number of unbranched alkanes of at least 4 members (excludes halogenated alkanes) is 26. The second-order valence-corrected chi connectivity index (χ2v) is 20.9. The molecule has 438 valence electrons. The zero-order valence-electron chi connectivity index (χ0n) is 50.2. The van der Waals surface area contributed by atoms with E-state index in [1.807, 2.05) is 0 Å². The highest BCUT2D eigenvalue weighted by Crippen LogP contribution is 2.15. The van der Waals surface area contributed by atoms with E-state index in [-0.39, 0.29) is 31.1 Å². The fraction of sp³-hybridized carbons (Fsp3) is 0.676. The molecule has 0 aliphatic rings. The number of ether oxygens (including phenoxy) is 3. The van der Waals surface area contributed by atoms with Crippen LogP contribution in [0.3, 0.4) is 0 Å². The maximum Gasteiger partial charge on any atom is 0.306 e. The number of allylic oxidation sites excluding steroid dienone is 20. The minimum absolute atomic E-state index is 0.0903. The molecule has 77 heavy (non-hydrogen) atoms. The molecule has 0 bridgehead atoms. The van der Waals surface area contributed by atoms with E-state index in [0.29, 0.717) is 19.3 Å². The molecule has 1 unspecified atom stereocenters. The Morgan fingerprint density at radius 1 is 0.273 bits per heavy atom. The predicted octanol–water partition coefficient (Wildman–Crippen LogP) is 22.0. The van der Waals surface area contributed by atoms with E-state index in [1.54, 1.807) is 0 Å². The predicted molar refractivity (Wildman–Crippen MR) is 334 cm³/mol. The molecular formula is C71H118O6. The lowest BCUT2D eigenvalue weighted by molar-refractivity contribution is -0.167. The van der Waals surface area contributed by atoms with Crippen molar-refractivity contribution < 1.29 is 28.6 Å². The second kappa shape index (κ2) is 64.3. The van der Waals surface area contributed by atoms with Gasteiger partial charge in [0.25, 0.3) is 0 Å². The van der Waals surface area contributed by atoms with E-state index >= 15 is 0 Å². The maximum atomic E-state index is 12.9. The third kappa shape index (κ3) is 62.5. The third-order valence-electron chi connectivity index (χ3n) is 13.4. The van der Waals surface area contributed by atoms with Crippen LogP contribution in [-0.4, -0.2) is 37.2 Å². The van der Waals surface area contributed by atoms with Crippen molar-refractivity contribution in [1.29, 1.82) is 0 Å². The first kappa shape index (κ1) is 72.8. The number of esters is 3. The van der Waals surface area contributed by atoms with Crippen LogP contribution in [0, 0.1) is 0 Å².